The molecule has 0 aliphatic carbocycles. The van der Waals surface area contributed by atoms with Gasteiger partial charge in [-0.15, -0.1) is 0 Å². The number of hydrogen-bond acceptors (Lipinski definition) is 4. The molecule has 3 rings (SSSR count). The van der Waals surface area contributed by atoms with Crippen molar-refractivity contribution >= 4 is 5.69 Å². The molecular formula is C20H26N2O2. The molecule has 24 heavy (non-hydrogen) atoms. The summed E-state index contributed by atoms with van der Waals surface area (Å²) >= 11 is 0. The molecule has 1 heterocycles. The van der Waals surface area contributed by atoms with Crippen LogP contribution in [-0.4, -0.2) is 37.2 Å². The van der Waals surface area contributed by atoms with E-state index in [9.17, 15) is 0 Å². The van der Waals surface area contributed by atoms with Crippen molar-refractivity contribution in [3.05, 3.63) is 66.2 Å². The van der Waals surface area contributed by atoms with Gasteiger partial charge in [0, 0.05) is 25.3 Å². The first kappa shape index (κ1) is 17.0. The molecule has 0 spiro atoms. The largest absolute Gasteiger partial charge is 0.377 e. The first-order chi connectivity index (χ1) is 11.8. The summed E-state index contributed by atoms with van der Waals surface area (Å²) in [6.45, 7) is 3.65. The lowest BCUT2D eigenvalue weighted by molar-refractivity contribution is -0.282. The van der Waals surface area contributed by atoms with E-state index in [4.69, 9.17) is 9.78 Å². The van der Waals surface area contributed by atoms with Gasteiger partial charge in [-0.25, -0.2) is 9.78 Å². The van der Waals surface area contributed by atoms with Gasteiger partial charge in [-0.1, -0.05) is 48.5 Å². The minimum absolute atomic E-state index is 0.0788. The van der Waals surface area contributed by atoms with Gasteiger partial charge in [0.15, 0.2) is 0 Å². The van der Waals surface area contributed by atoms with E-state index >= 15 is 0 Å². The molecule has 2 aromatic carbocycles. The lowest BCUT2D eigenvalue weighted by Crippen LogP contribution is -2.52. The fourth-order valence-corrected chi connectivity index (χ4v) is 3.29. The molecule has 2 aromatic rings. The van der Waals surface area contributed by atoms with Gasteiger partial charge in [0.25, 0.3) is 0 Å². The third-order valence-electron chi connectivity index (χ3n) is 4.70. The van der Waals surface area contributed by atoms with Crippen LogP contribution < -0.4 is 5.32 Å². The van der Waals surface area contributed by atoms with Crippen molar-refractivity contribution in [2.24, 2.45) is 0 Å². The molecule has 4 heteroatoms. The molecule has 0 aromatic heterocycles. The van der Waals surface area contributed by atoms with Gasteiger partial charge < -0.3 is 5.32 Å². The summed E-state index contributed by atoms with van der Waals surface area (Å²) < 4.78 is 0. The number of benzene rings is 2. The number of anilines is 1. The second-order valence-corrected chi connectivity index (χ2v) is 6.46. The molecule has 0 unspecified atom stereocenters. The fraction of sp³-hybridized carbons (Fsp3) is 0.400. The Hall–Kier alpha value is -1.88. The van der Waals surface area contributed by atoms with Crippen molar-refractivity contribution in [1.29, 1.82) is 0 Å². The topological polar surface area (TPSA) is 33.7 Å². The summed E-state index contributed by atoms with van der Waals surface area (Å²) in [6, 6.07) is 21.0. The van der Waals surface area contributed by atoms with Crippen LogP contribution >= 0.6 is 0 Å². The number of hydrogen-bond donors (Lipinski definition) is 1. The summed E-state index contributed by atoms with van der Waals surface area (Å²) in [5.74, 6) is 0. The molecule has 4 nitrogen and oxygen atoms in total. The predicted molar refractivity (Wildman–Crippen MR) is 96.7 cm³/mol. The average molecular weight is 326 g/mol. The fourth-order valence-electron chi connectivity index (χ4n) is 3.29. The van der Waals surface area contributed by atoms with E-state index in [1.54, 1.807) is 7.11 Å². The lowest BCUT2D eigenvalue weighted by atomic mass is 9.87. The number of piperidine rings is 1. The Bertz CT molecular complexity index is 596. The molecule has 0 atom stereocenters. The number of nitrogens with zero attached hydrogens (tertiary/aromatic N) is 1. The zero-order valence-corrected chi connectivity index (χ0v) is 14.3. The van der Waals surface area contributed by atoms with Crippen LogP contribution in [0, 0.1) is 0 Å². The van der Waals surface area contributed by atoms with Gasteiger partial charge in [0.05, 0.1) is 12.6 Å². The normalized spacial score (nSPS) is 17.5. The Morgan fingerprint density at radius 2 is 1.58 bits per heavy atom. The zero-order valence-electron chi connectivity index (χ0n) is 14.3. The molecule has 1 aliphatic heterocycles. The van der Waals surface area contributed by atoms with E-state index in [1.807, 2.05) is 6.07 Å². The number of nitrogens with one attached hydrogen (secondary N) is 1. The second kappa shape index (κ2) is 8.29. The van der Waals surface area contributed by atoms with Gasteiger partial charge in [-0.05, 0) is 30.5 Å². The maximum Gasteiger partial charge on any atom is 0.105 e. The quantitative estimate of drug-likeness (QED) is 0.621. The van der Waals surface area contributed by atoms with E-state index in [-0.39, 0.29) is 5.54 Å². The van der Waals surface area contributed by atoms with Crippen LogP contribution in [0.2, 0.25) is 0 Å². The van der Waals surface area contributed by atoms with E-state index in [1.165, 1.54) is 5.56 Å². The van der Waals surface area contributed by atoms with Crippen LogP contribution in [0.1, 0.15) is 18.4 Å². The van der Waals surface area contributed by atoms with Crippen LogP contribution in [0.25, 0.3) is 0 Å². The molecule has 0 amide bonds. The van der Waals surface area contributed by atoms with Crippen molar-refractivity contribution in [3.63, 3.8) is 0 Å². The number of rotatable bonds is 7. The van der Waals surface area contributed by atoms with Crippen molar-refractivity contribution in [2.75, 3.05) is 32.1 Å². The van der Waals surface area contributed by atoms with Gasteiger partial charge >= 0.3 is 0 Å². The molecule has 1 saturated heterocycles. The Morgan fingerprint density at radius 3 is 2.21 bits per heavy atom. The molecular weight excluding hydrogens is 300 g/mol. The van der Waals surface area contributed by atoms with E-state index < -0.39 is 0 Å². The average Bonchev–Trinajstić information content (AvgIpc) is 2.64. The van der Waals surface area contributed by atoms with Crippen molar-refractivity contribution in [2.45, 2.75) is 24.9 Å². The first-order valence-electron chi connectivity index (χ1n) is 8.55. The summed E-state index contributed by atoms with van der Waals surface area (Å²) in [4.78, 5) is 12.7. The Morgan fingerprint density at radius 1 is 0.958 bits per heavy atom. The maximum atomic E-state index is 5.32. The van der Waals surface area contributed by atoms with Gasteiger partial charge in [-0.2, -0.15) is 0 Å². The molecule has 1 aliphatic rings. The summed E-state index contributed by atoms with van der Waals surface area (Å²) in [6.07, 6.45) is 2.05. The minimum Gasteiger partial charge on any atom is -0.377 e. The number of likely N-dealkylation sites (tertiary alicyclic amines) is 1. The van der Waals surface area contributed by atoms with E-state index in [0.717, 1.165) is 38.2 Å². The monoisotopic (exact) mass is 326 g/mol. The van der Waals surface area contributed by atoms with Crippen LogP contribution in [0.15, 0.2) is 60.7 Å². The highest BCUT2D eigenvalue weighted by atomic mass is 17.2. The third-order valence-corrected chi connectivity index (χ3v) is 4.70. The zero-order chi connectivity index (χ0) is 16.7. The summed E-state index contributed by atoms with van der Waals surface area (Å²) in [5.41, 5.74) is 2.42. The first-order valence-corrected chi connectivity index (χ1v) is 8.55. The summed E-state index contributed by atoms with van der Waals surface area (Å²) in [7, 11) is 1.57. The van der Waals surface area contributed by atoms with Crippen molar-refractivity contribution in [1.82, 2.24) is 4.90 Å². The highest BCUT2D eigenvalue weighted by Gasteiger charge is 2.35. The molecule has 0 saturated carbocycles. The van der Waals surface area contributed by atoms with Crippen LogP contribution in [0.3, 0.4) is 0 Å². The molecule has 128 valence electrons. The standard InChI is InChI=1S/C20H26N2O2/c1-23-24-17-20(21-19-10-6-3-7-11-19)12-14-22(15-13-20)16-18-8-4-2-5-9-18/h2-11,21H,12-17H2,1H3. The van der Waals surface area contributed by atoms with E-state index in [2.05, 4.69) is 64.8 Å². The third kappa shape index (κ3) is 4.57. The van der Waals surface area contributed by atoms with E-state index in [0.29, 0.717) is 6.61 Å². The number of para-hydroxylation sites is 1. The van der Waals surface area contributed by atoms with Gasteiger partial charge in [0.1, 0.15) is 6.61 Å². The Labute approximate surface area is 144 Å². The Kier molecular flexibility index (Phi) is 5.86. The lowest BCUT2D eigenvalue weighted by Gasteiger charge is -2.42. The predicted octanol–water partition coefficient (Wildman–Crippen LogP) is 3.71. The molecule has 1 N–H and O–H groups in total. The highest BCUT2D eigenvalue weighted by molar-refractivity contribution is 5.45. The minimum atomic E-state index is -0.0788. The smallest absolute Gasteiger partial charge is 0.105 e. The second-order valence-electron chi connectivity index (χ2n) is 6.46. The van der Waals surface area contributed by atoms with Crippen molar-refractivity contribution in [3.8, 4) is 0 Å². The van der Waals surface area contributed by atoms with Crippen LogP contribution in [0.4, 0.5) is 5.69 Å². The van der Waals surface area contributed by atoms with Crippen LogP contribution in [-0.2, 0) is 16.3 Å². The molecule has 0 bridgehead atoms. The highest BCUT2D eigenvalue weighted by Crippen LogP contribution is 2.28. The maximum absolute atomic E-state index is 5.32. The van der Waals surface area contributed by atoms with Gasteiger partial charge in [0.2, 0.25) is 0 Å². The van der Waals surface area contributed by atoms with Gasteiger partial charge in [-0.3, -0.25) is 4.90 Å². The van der Waals surface area contributed by atoms with Crippen LogP contribution in [0.5, 0.6) is 0 Å². The Balaban J connectivity index is 1.62. The molecule has 1 fully saturated rings. The molecule has 0 radical (unpaired) electrons. The van der Waals surface area contributed by atoms with Crippen molar-refractivity contribution < 1.29 is 9.78 Å². The SMILES string of the molecule is COOCC1(Nc2ccccc2)CCN(Cc2ccccc2)CC1. The summed E-state index contributed by atoms with van der Waals surface area (Å²) in [5, 5.41) is 3.68.